The number of amides is 1. The Hall–Kier alpha value is -4.89. The van der Waals surface area contributed by atoms with Crippen LogP contribution >= 0.6 is 0 Å². The van der Waals surface area contributed by atoms with E-state index in [4.69, 9.17) is 15.2 Å². The molecule has 226 valence electrons. The molecule has 3 aromatic carbocycles. The molecule has 0 heterocycles. The molecule has 44 heavy (non-hydrogen) atoms. The zero-order valence-electron chi connectivity index (χ0n) is 24.6. The van der Waals surface area contributed by atoms with Crippen LogP contribution in [-0.4, -0.2) is 47.4 Å². The molecule has 3 aliphatic rings. The Kier molecular flexibility index (Phi) is 7.51. The monoisotopic (exact) mass is 594 g/mol. The van der Waals surface area contributed by atoms with Crippen molar-refractivity contribution in [1.82, 2.24) is 0 Å². The Morgan fingerprint density at radius 2 is 1.52 bits per heavy atom. The number of aliphatic hydroxyl groups is 2. The Morgan fingerprint density at radius 3 is 2.11 bits per heavy atom. The fraction of sp³-hybridized carbons (Fsp3) is 0.286. The Bertz CT molecular complexity index is 1710. The highest BCUT2D eigenvalue weighted by Gasteiger charge is 2.62. The number of hydrogen-bond donors (Lipinski definition) is 3. The number of anilines is 1. The van der Waals surface area contributed by atoms with Gasteiger partial charge in [0.25, 0.3) is 5.91 Å². The van der Waals surface area contributed by atoms with Crippen molar-refractivity contribution in [3.8, 4) is 5.75 Å². The van der Waals surface area contributed by atoms with E-state index in [9.17, 15) is 24.6 Å². The van der Waals surface area contributed by atoms with Gasteiger partial charge in [0.1, 0.15) is 36.1 Å². The second-order valence-electron chi connectivity index (χ2n) is 11.8. The third-order valence-electron chi connectivity index (χ3n) is 8.86. The number of carbonyl (C=O) groups excluding carboxylic acids is 3. The standard InChI is InChI=1S/C35H34N2O7/c1-37(2)25-13-14-26(43-18-20-9-5-3-6-10-20)29-24(25)16-22-15-23-17-27(44-19-21-11-7-4-8-12-21)30(34(36)41)33(40)35(23,42)32(39)28(22)31(29)38/h3-14,22-23,38,42H,15-19H2,1-2H3,(H2,36,41)/t22-,23+,35+/m1/s1. The number of ketones is 2. The number of hydrogen-bond acceptors (Lipinski definition) is 8. The highest BCUT2D eigenvalue weighted by Crippen LogP contribution is 2.53. The minimum Gasteiger partial charge on any atom is -0.507 e. The van der Waals surface area contributed by atoms with Crippen molar-refractivity contribution in [1.29, 1.82) is 0 Å². The molecule has 0 aromatic heterocycles. The summed E-state index contributed by atoms with van der Waals surface area (Å²) in [5, 5.41) is 23.6. The van der Waals surface area contributed by atoms with Crippen molar-refractivity contribution >= 4 is 28.9 Å². The SMILES string of the molecule is CN(C)c1ccc(OCc2ccccc2)c2c1C[C@H]1C[C@H]3CC(OCc4ccccc4)=C(C(N)=O)C(=O)[C@@]3(O)C(=O)C1=C2O. The van der Waals surface area contributed by atoms with Crippen LogP contribution in [0.15, 0.2) is 89.7 Å². The normalized spacial score (nSPS) is 22.6. The Labute approximate surface area is 255 Å². The maximum atomic E-state index is 14.2. The predicted molar refractivity (Wildman–Crippen MR) is 163 cm³/mol. The van der Waals surface area contributed by atoms with E-state index >= 15 is 0 Å². The number of carbonyl (C=O) groups is 3. The van der Waals surface area contributed by atoms with Gasteiger partial charge in [-0.1, -0.05) is 60.7 Å². The molecule has 0 radical (unpaired) electrons. The van der Waals surface area contributed by atoms with E-state index in [1.165, 1.54) is 0 Å². The van der Waals surface area contributed by atoms with Crippen LogP contribution in [0, 0.1) is 11.8 Å². The van der Waals surface area contributed by atoms with Gasteiger partial charge in [0, 0.05) is 37.7 Å². The first-order chi connectivity index (χ1) is 21.1. The van der Waals surface area contributed by atoms with Gasteiger partial charge in [-0.05, 0) is 47.6 Å². The van der Waals surface area contributed by atoms with E-state index in [-0.39, 0.29) is 43.1 Å². The largest absolute Gasteiger partial charge is 0.507 e. The maximum absolute atomic E-state index is 14.2. The summed E-state index contributed by atoms with van der Waals surface area (Å²) in [6.45, 7) is 0.317. The van der Waals surface area contributed by atoms with E-state index in [2.05, 4.69) is 0 Å². The number of ether oxygens (including phenoxy) is 2. The van der Waals surface area contributed by atoms with Gasteiger partial charge >= 0.3 is 0 Å². The van der Waals surface area contributed by atoms with Crippen molar-refractivity contribution in [2.45, 2.75) is 38.1 Å². The number of primary amides is 1. The number of benzene rings is 3. The molecule has 1 amide bonds. The lowest BCUT2D eigenvalue weighted by Gasteiger charge is -2.46. The lowest BCUT2D eigenvalue weighted by molar-refractivity contribution is -0.158. The van der Waals surface area contributed by atoms with Gasteiger partial charge < -0.3 is 30.3 Å². The molecule has 1 fully saturated rings. The lowest BCUT2D eigenvalue weighted by Crippen LogP contribution is -2.61. The summed E-state index contributed by atoms with van der Waals surface area (Å²) in [7, 11) is 3.79. The zero-order valence-corrected chi connectivity index (χ0v) is 24.6. The van der Waals surface area contributed by atoms with Gasteiger partial charge in [-0.15, -0.1) is 0 Å². The van der Waals surface area contributed by atoms with Crippen LogP contribution in [-0.2, 0) is 38.8 Å². The summed E-state index contributed by atoms with van der Waals surface area (Å²) < 4.78 is 12.1. The smallest absolute Gasteiger partial charge is 0.255 e. The van der Waals surface area contributed by atoms with Crippen molar-refractivity contribution in [3.05, 3.63) is 112 Å². The summed E-state index contributed by atoms with van der Waals surface area (Å²) in [6, 6.07) is 22.4. The molecular weight excluding hydrogens is 560 g/mol. The first-order valence-corrected chi connectivity index (χ1v) is 14.6. The van der Waals surface area contributed by atoms with Crippen LogP contribution < -0.4 is 15.4 Å². The van der Waals surface area contributed by atoms with Gasteiger partial charge in [-0.3, -0.25) is 14.4 Å². The molecule has 3 atom stereocenters. The molecule has 9 heteroatoms. The second kappa shape index (κ2) is 11.3. The fourth-order valence-electron chi connectivity index (χ4n) is 6.72. The Morgan fingerprint density at radius 1 is 0.909 bits per heavy atom. The quantitative estimate of drug-likeness (QED) is 0.263. The first-order valence-electron chi connectivity index (χ1n) is 14.6. The predicted octanol–water partition coefficient (Wildman–Crippen LogP) is 4.02. The van der Waals surface area contributed by atoms with E-state index in [0.29, 0.717) is 17.7 Å². The van der Waals surface area contributed by atoms with E-state index in [1.54, 1.807) is 6.07 Å². The van der Waals surface area contributed by atoms with Gasteiger partial charge in [0.15, 0.2) is 5.60 Å². The molecule has 9 nitrogen and oxygen atoms in total. The molecule has 6 rings (SSSR count). The van der Waals surface area contributed by atoms with Crippen LogP contribution in [0.3, 0.4) is 0 Å². The number of rotatable bonds is 8. The Balaban J connectivity index is 1.40. The molecule has 4 N–H and O–H groups in total. The van der Waals surface area contributed by atoms with E-state index in [0.717, 1.165) is 22.4 Å². The molecule has 1 saturated carbocycles. The highest BCUT2D eigenvalue weighted by atomic mass is 16.5. The lowest BCUT2D eigenvalue weighted by atomic mass is 9.58. The summed E-state index contributed by atoms with van der Waals surface area (Å²) in [5.74, 6) is -4.35. The number of Topliss-reactive ketones (excluding diaryl/α,β-unsaturated/α-hetero) is 2. The average molecular weight is 595 g/mol. The van der Waals surface area contributed by atoms with E-state index in [1.807, 2.05) is 85.7 Å². The van der Waals surface area contributed by atoms with E-state index < -0.39 is 40.5 Å². The van der Waals surface area contributed by atoms with Gasteiger partial charge in [-0.25, -0.2) is 0 Å². The van der Waals surface area contributed by atoms with Crippen molar-refractivity contribution in [2.75, 3.05) is 19.0 Å². The molecule has 0 spiro atoms. The van der Waals surface area contributed by atoms with Crippen LogP contribution in [0.2, 0.25) is 0 Å². The average Bonchev–Trinajstić information content (AvgIpc) is 3.01. The van der Waals surface area contributed by atoms with Crippen molar-refractivity contribution in [3.63, 3.8) is 0 Å². The summed E-state index contributed by atoms with van der Waals surface area (Å²) in [4.78, 5) is 42.4. The fourth-order valence-corrected chi connectivity index (χ4v) is 6.72. The minimum atomic E-state index is -2.56. The summed E-state index contributed by atoms with van der Waals surface area (Å²) in [5.41, 5.74) is 6.24. The molecule has 0 aliphatic heterocycles. The van der Waals surface area contributed by atoms with Gasteiger partial charge in [0.05, 0.1) is 5.56 Å². The molecule has 3 aromatic rings. The maximum Gasteiger partial charge on any atom is 0.255 e. The van der Waals surface area contributed by atoms with Gasteiger partial charge in [0.2, 0.25) is 11.6 Å². The first kappa shape index (κ1) is 29.2. The summed E-state index contributed by atoms with van der Waals surface area (Å²) in [6.07, 6.45) is 0.556. The third-order valence-corrected chi connectivity index (χ3v) is 8.86. The number of aliphatic hydroxyl groups excluding tert-OH is 1. The third kappa shape index (κ3) is 4.83. The summed E-state index contributed by atoms with van der Waals surface area (Å²) >= 11 is 0. The molecule has 0 unspecified atom stereocenters. The van der Waals surface area contributed by atoms with Crippen LogP contribution in [0.4, 0.5) is 5.69 Å². The molecule has 0 bridgehead atoms. The zero-order chi connectivity index (χ0) is 31.2. The van der Waals surface area contributed by atoms with Crippen LogP contribution in [0.1, 0.15) is 35.1 Å². The topological polar surface area (TPSA) is 139 Å². The number of allylic oxidation sites excluding steroid dienone is 1. The van der Waals surface area contributed by atoms with Crippen molar-refractivity contribution < 1.29 is 34.1 Å². The number of fused-ring (bicyclic) bond motifs is 3. The molecular formula is C35H34N2O7. The molecule has 3 aliphatic carbocycles. The number of nitrogens with two attached hydrogens (primary N) is 1. The second-order valence-corrected chi connectivity index (χ2v) is 11.8. The minimum absolute atomic E-state index is 0.0305. The number of nitrogens with zero attached hydrogens (tertiary/aromatic N) is 1. The van der Waals surface area contributed by atoms with Gasteiger partial charge in [-0.2, -0.15) is 0 Å². The molecule has 0 saturated heterocycles. The van der Waals surface area contributed by atoms with Crippen molar-refractivity contribution in [2.24, 2.45) is 17.6 Å². The highest BCUT2D eigenvalue weighted by molar-refractivity contribution is 6.32. The van der Waals surface area contributed by atoms with Crippen LogP contribution in [0.25, 0.3) is 5.76 Å². The van der Waals surface area contributed by atoms with Crippen LogP contribution in [0.5, 0.6) is 5.75 Å².